The fraction of sp³-hybridized carbons (Fsp3) is 0.431. The van der Waals surface area contributed by atoms with Crippen LogP contribution in [0.3, 0.4) is 0 Å². The van der Waals surface area contributed by atoms with Crippen molar-refractivity contribution in [2.45, 2.75) is 71.1 Å². The van der Waals surface area contributed by atoms with Crippen molar-refractivity contribution < 1.29 is 66.0 Å². The second-order valence-corrected chi connectivity index (χ2v) is 16.8. The molecule has 3 aromatic carbocycles. The Balaban J connectivity index is 1.19. The lowest BCUT2D eigenvalue weighted by Gasteiger charge is -2.32. The number of hydrogen-bond donors (Lipinski definition) is 4. The van der Waals surface area contributed by atoms with Gasteiger partial charge in [0.15, 0.2) is 5.69 Å². The van der Waals surface area contributed by atoms with Crippen LogP contribution in [0.15, 0.2) is 84.9 Å². The quantitative estimate of drug-likeness (QED) is 0.0223. The molecule has 0 fully saturated rings. The Kier molecular flexibility index (Phi) is 24.6. The molecule has 0 bridgehead atoms. The molecule has 0 atom stereocenters. The first-order valence-electron chi connectivity index (χ1n) is 23.5. The minimum Gasteiger partial charge on any atom is -0.478 e. The number of nitrogens with one attached hydrogen (secondary N) is 3. The van der Waals surface area contributed by atoms with E-state index in [-0.39, 0.29) is 99.0 Å². The number of carbonyl (C=O) groups excluding carboxylic acids is 5. The van der Waals surface area contributed by atoms with Crippen LogP contribution in [0.25, 0.3) is 0 Å². The maximum absolute atomic E-state index is 13.7. The van der Waals surface area contributed by atoms with E-state index in [0.29, 0.717) is 43.7 Å². The van der Waals surface area contributed by atoms with Gasteiger partial charge in [-0.3, -0.25) is 24.1 Å². The van der Waals surface area contributed by atoms with Crippen LogP contribution in [0.1, 0.15) is 87.4 Å². The number of benzene rings is 3. The summed E-state index contributed by atoms with van der Waals surface area (Å²) in [5.41, 5.74) is 4.06. The molecule has 4 rings (SSSR count). The number of likely N-dealkylation sites (N-methyl/N-ethyl adjacent to an activating group) is 1. The minimum atomic E-state index is -5.05. The molecule has 4 aromatic rings. The van der Waals surface area contributed by atoms with Crippen LogP contribution < -0.4 is 16.0 Å². The number of aromatic nitrogens is 1. The molecule has 17 nitrogen and oxygen atoms in total. The Bertz CT molecular complexity index is 2390. The zero-order valence-electron chi connectivity index (χ0n) is 40.6. The lowest BCUT2D eigenvalue weighted by molar-refractivity contribution is -0.200. The molecule has 1 aromatic heterocycles. The highest BCUT2D eigenvalue weighted by Gasteiger charge is 2.40. The van der Waals surface area contributed by atoms with Crippen molar-refractivity contribution in [1.82, 2.24) is 20.1 Å². The molecule has 0 saturated heterocycles. The van der Waals surface area contributed by atoms with Crippen molar-refractivity contribution in [3.63, 3.8) is 0 Å². The summed E-state index contributed by atoms with van der Waals surface area (Å²) in [6.07, 6.45) is -1.92. The molecular weight excluding hydrogens is 965 g/mol. The SMILES string of the molecule is CCC(CC)N(CCN(C)C(=O)CCC(=O)NCCOCCOCCOCCOC(=O)C(F)(F)F)Cc1cccc(C(=O)Nc2ccc(Cl)nc2C(=O)Nc2ccc(CCc3ccc(C(=O)O)cc3)cc2)c1. The van der Waals surface area contributed by atoms with E-state index < -0.39 is 36.5 Å². The number of ether oxygens (including phenoxy) is 4. The standard InChI is InChI=1S/C51H62ClF3N6O11/c1-4-41(5-2)61(25-24-60(3)45(63)22-21-44(62)56-23-26-69-27-28-70-29-30-71-31-32-72-50(68)51(53,54)55)34-37-7-6-8-39(33-37)47(64)58-42-19-20-43(52)59-46(42)48(65)57-40-17-13-36(14-18-40)10-9-35-11-15-38(16-12-35)49(66)67/h6-8,11-20,33,41H,4-5,9-10,21-32,34H2,1-3H3,(H,56,62)(H,57,65)(H,58,64)(H,66,67). The summed E-state index contributed by atoms with van der Waals surface area (Å²) in [7, 11) is 1.69. The summed E-state index contributed by atoms with van der Waals surface area (Å²) in [6, 6.07) is 24.4. The van der Waals surface area contributed by atoms with Gasteiger partial charge in [-0.25, -0.2) is 14.6 Å². The third-order valence-electron chi connectivity index (χ3n) is 11.2. The molecule has 1 heterocycles. The number of halogens is 4. The monoisotopic (exact) mass is 1030 g/mol. The lowest BCUT2D eigenvalue weighted by Crippen LogP contribution is -2.41. The van der Waals surface area contributed by atoms with E-state index in [1.807, 2.05) is 18.2 Å². The van der Waals surface area contributed by atoms with Crippen molar-refractivity contribution in [2.24, 2.45) is 0 Å². The van der Waals surface area contributed by atoms with Crippen molar-refractivity contribution in [3.8, 4) is 0 Å². The zero-order chi connectivity index (χ0) is 52.5. The van der Waals surface area contributed by atoms with Crippen LogP contribution in [-0.2, 0) is 52.7 Å². The number of aryl methyl sites for hydroxylation is 2. The lowest BCUT2D eigenvalue weighted by atomic mass is 10.0. The van der Waals surface area contributed by atoms with Gasteiger partial charge in [-0.15, -0.1) is 0 Å². The van der Waals surface area contributed by atoms with E-state index in [9.17, 15) is 41.9 Å². The van der Waals surface area contributed by atoms with Crippen LogP contribution in [0.2, 0.25) is 5.15 Å². The second-order valence-electron chi connectivity index (χ2n) is 16.4. The van der Waals surface area contributed by atoms with Gasteiger partial charge in [-0.1, -0.05) is 61.8 Å². The predicted octanol–water partition coefficient (Wildman–Crippen LogP) is 7.22. The van der Waals surface area contributed by atoms with Crippen molar-refractivity contribution in [2.75, 3.05) is 83.6 Å². The molecule has 0 unspecified atom stereocenters. The molecule has 72 heavy (non-hydrogen) atoms. The maximum atomic E-state index is 13.7. The number of nitrogens with zero attached hydrogens (tertiary/aromatic N) is 3. The number of pyridine rings is 1. The number of aromatic carboxylic acids is 1. The van der Waals surface area contributed by atoms with Crippen molar-refractivity contribution in [3.05, 3.63) is 124 Å². The van der Waals surface area contributed by atoms with Gasteiger partial charge >= 0.3 is 18.1 Å². The van der Waals surface area contributed by atoms with Gasteiger partial charge < -0.3 is 44.9 Å². The molecule has 0 aliphatic heterocycles. The number of carboxylic acids is 1. The average Bonchev–Trinajstić information content (AvgIpc) is 3.36. The number of carboxylic acid groups (broad SMARTS) is 1. The van der Waals surface area contributed by atoms with E-state index >= 15 is 0 Å². The molecule has 4 N–H and O–H groups in total. The Morgan fingerprint density at radius 1 is 0.708 bits per heavy atom. The highest BCUT2D eigenvalue weighted by Crippen LogP contribution is 2.22. The number of esters is 1. The molecule has 390 valence electrons. The molecule has 0 saturated carbocycles. The Labute approximate surface area is 421 Å². The Morgan fingerprint density at radius 3 is 1.93 bits per heavy atom. The normalized spacial score (nSPS) is 11.3. The highest BCUT2D eigenvalue weighted by molar-refractivity contribution is 6.29. The third kappa shape index (κ3) is 20.7. The number of amides is 4. The summed E-state index contributed by atoms with van der Waals surface area (Å²) in [5.74, 6) is -4.78. The second kappa shape index (κ2) is 30.4. The van der Waals surface area contributed by atoms with Crippen molar-refractivity contribution >= 4 is 58.5 Å². The van der Waals surface area contributed by atoms with Gasteiger partial charge in [0.2, 0.25) is 11.8 Å². The molecular formula is C51H62ClF3N6O11. The van der Waals surface area contributed by atoms with Crippen LogP contribution in [0.4, 0.5) is 24.5 Å². The predicted molar refractivity (Wildman–Crippen MR) is 263 cm³/mol. The highest BCUT2D eigenvalue weighted by atomic mass is 35.5. The van der Waals surface area contributed by atoms with Gasteiger partial charge in [0.25, 0.3) is 11.8 Å². The van der Waals surface area contributed by atoms with Crippen LogP contribution in [-0.4, -0.2) is 141 Å². The number of carbonyl (C=O) groups is 6. The van der Waals surface area contributed by atoms with E-state index in [1.165, 1.54) is 12.1 Å². The van der Waals surface area contributed by atoms with E-state index in [4.69, 9.17) is 30.9 Å². The largest absolute Gasteiger partial charge is 0.490 e. The van der Waals surface area contributed by atoms with Gasteiger partial charge in [0.05, 0.1) is 50.9 Å². The first-order chi connectivity index (χ1) is 34.5. The van der Waals surface area contributed by atoms with Crippen LogP contribution >= 0.6 is 11.6 Å². The summed E-state index contributed by atoms with van der Waals surface area (Å²) < 4.78 is 56.0. The molecule has 0 radical (unpaired) electrons. The fourth-order valence-corrected chi connectivity index (χ4v) is 7.32. The number of rotatable bonds is 31. The fourth-order valence-electron chi connectivity index (χ4n) is 7.18. The molecule has 0 aliphatic carbocycles. The topological polar surface area (TPSA) is 215 Å². The molecule has 0 aliphatic rings. The van der Waals surface area contributed by atoms with E-state index in [0.717, 1.165) is 29.5 Å². The van der Waals surface area contributed by atoms with Crippen molar-refractivity contribution in [1.29, 1.82) is 0 Å². The van der Waals surface area contributed by atoms with Gasteiger partial charge in [-0.2, -0.15) is 13.2 Å². The van der Waals surface area contributed by atoms with Crippen LogP contribution in [0, 0.1) is 0 Å². The molecule has 0 spiro atoms. The number of anilines is 2. The van der Waals surface area contributed by atoms with Gasteiger partial charge in [0.1, 0.15) is 11.8 Å². The summed E-state index contributed by atoms with van der Waals surface area (Å²) in [6.45, 7) is 5.99. The summed E-state index contributed by atoms with van der Waals surface area (Å²) in [5, 5.41) is 17.6. The third-order valence-corrected chi connectivity index (χ3v) is 11.4. The summed E-state index contributed by atoms with van der Waals surface area (Å²) in [4.78, 5) is 82.5. The number of alkyl halides is 3. The molecule has 21 heteroatoms. The first-order valence-corrected chi connectivity index (χ1v) is 23.9. The zero-order valence-corrected chi connectivity index (χ0v) is 41.3. The van der Waals surface area contributed by atoms with Gasteiger partial charge in [-0.05, 0) is 90.9 Å². The summed E-state index contributed by atoms with van der Waals surface area (Å²) >= 11 is 6.21. The first kappa shape index (κ1) is 58.1. The van der Waals surface area contributed by atoms with E-state index in [2.05, 4.69) is 44.4 Å². The average molecular weight is 1030 g/mol. The van der Waals surface area contributed by atoms with Crippen LogP contribution in [0.5, 0.6) is 0 Å². The maximum Gasteiger partial charge on any atom is 0.490 e. The van der Waals surface area contributed by atoms with E-state index in [1.54, 1.807) is 66.5 Å². The smallest absolute Gasteiger partial charge is 0.478 e. The minimum absolute atomic E-state index is 0.00296. The molecule has 4 amide bonds. The van der Waals surface area contributed by atoms with Gasteiger partial charge in [0, 0.05) is 63.4 Å². The Morgan fingerprint density at radius 2 is 1.32 bits per heavy atom. The Hall–Kier alpha value is -6.45. The number of hydrogen-bond acceptors (Lipinski definition) is 12.